The van der Waals surface area contributed by atoms with Crippen LogP contribution in [0.15, 0.2) is 0 Å². The molecule has 2 atom stereocenters. The first-order valence-electron chi connectivity index (χ1n) is 5.53. The van der Waals surface area contributed by atoms with Crippen molar-refractivity contribution in [3.05, 3.63) is 0 Å². The van der Waals surface area contributed by atoms with Gasteiger partial charge in [0.2, 0.25) is 0 Å². The van der Waals surface area contributed by atoms with Crippen LogP contribution in [-0.4, -0.2) is 56.5 Å². The molecule has 2 N–H and O–H groups in total. The monoisotopic (exact) mass is 200 g/mol. The normalized spacial score (nSPS) is 35.8. The maximum Gasteiger partial charge on any atom is 0.0824 e. The first-order chi connectivity index (χ1) is 6.90. The molecule has 0 aromatic carbocycles. The average Bonchev–Trinajstić information content (AvgIpc) is 2.63. The second kappa shape index (κ2) is 5.07. The summed E-state index contributed by atoms with van der Waals surface area (Å²) in [6, 6.07) is 0.603. The van der Waals surface area contributed by atoms with E-state index in [-0.39, 0.29) is 6.10 Å². The Morgan fingerprint density at radius 1 is 1.36 bits per heavy atom. The lowest BCUT2D eigenvalue weighted by Crippen LogP contribution is -2.42. The molecule has 82 valence electrons. The SMILES string of the molecule is NCC1CN(C2CCOC2)CCCO1. The van der Waals surface area contributed by atoms with Crippen LogP contribution < -0.4 is 5.73 Å². The largest absolute Gasteiger partial charge is 0.380 e. The predicted molar refractivity (Wildman–Crippen MR) is 54.2 cm³/mol. The number of nitrogens with zero attached hydrogens (tertiary/aromatic N) is 1. The molecule has 0 radical (unpaired) electrons. The van der Waals surface area contributed by atoms with Crippen molar-refractivity contribution in [1.82, 2.24) is 4.90 Å². The summed E-state index contributed by atoms with van der Waals surface area (Å²) in [5.74, 6) is 0. The van der Waals surface area contributed by atoms with E-state index in [9.17, 15) is 0 Å². The maximum absolute atomic E-state index is 5.65. The van der Waals surface area contributed by atoms with Crippen LogP contribution in [0.25, 0.3) is 0 Å². The van der Waals surface area contributed by atoms with E-state index >= 15 is 0 Å². The predicted octanol–water partition coefficient (Wildman–Crippen LogP) is -0.175. The number of hydrogen-bond donors (Lipinski definition) is 1. The topological polar surface area (TPSA) is 47.7 Å². The molecule has 4 heteroatoms. The molecule has 2 saturated heterocycles. The minimum atomic E-state index is 0.220. The van der Waals surface area contributed by atoms with Crippen molar-refractivity contribution >= 4 is 0 Å². The Balaban J connectivity index is 1.88. The van der Waals surface area contributed by atoms with Crippen LogP contribution in [0.5, 0.6) is 0 Å². The zero-order valence-electron chi connectivity index (χ0n) is 8.65. The van der Waals surface area contributed by atoms with E-state index in [1.54, 1.807) is 0 Å². The highest BCUT2D eigenvalue weighted by molar-refractivity contribution is 4.80. The van der Waals surface area contributed by atoms with Crippen molar-refractivity contribution in [2.24, 2.45) is 5.73 Å². The third-order valence-corrected chi connectivity index (χ3v) is 3.07. The molecule has 2 unspecified atom stereocenters. The van der Waals surface area contributed by atoms with Gasteiger partial charge in [-0.05, 0) is 12.8 Å². The first-order valence-corrected chi connectivity index (χ1v) is 5.53. The molecule has 2 aliphatic heterocycles. The Morgan fingerprint density at radius 3 is 3.00 bits per heavy atom. The van der Waals surface area contributed by atoms with E-state index in [0.717, 1.165) is 45.8 Å². The van der Waals surface area contributed by atoms with Gasteiger partial charge in [0.1, 0.15) is 0 Å². The van der Waals surface area contributed by atoms with Crippen LogP contribution in [0.4, 0.5) is 0 Å². The van der Waals surface area contributed by atoms with Crippen molar-refractivity contribution in [1.29, 1.82) is 0 Å². The molecule has 0 aromatic heterocycles. The Bertz CT molecular complexity index is 172. The van der Waals surface area contributed by atoms with Crippen molar-refractivity contribution in [2.45, 2.75) is 25.0 Å². The number of nitrogens with two attached hydrogens (primary N) is 1. The fourth-order valence-corrected chi connectivity index (χ4v) is 2.21. The lowest BCUT2D eigenvalue weighted by molar-refractivity contribution is 0.0520. The van der Waals surface area contributed by atoms with E-state index in [4.69, 9.17) is 15.2 Å². The molecule has 0 aliphatic carbocycles. The standard InChI is InChI=1S/C10H20N2O2/c11-6-10-7-12(3-1-4-14-10)9-2-5-13-8-9/h9-10H,1-8,11H2. The fourth-order valence-electron chi connectivity index (χ4n) is 2.21. The molecule has 0 saturated carbocycles. The zero-order chi connectivity index (χ0) is 9.80. The van der Waals surface area contributed by atoms with Gasteiger partial charge in [0, 0.05) is 38.9 Å². The molecule has 4 nitrogen and oxygen atoms in total. The summed E-state index contributed by atoms with van der Waals surface area (Å²) < 4.78 is 11.0. The number of rotatable bonds is 2. The molecule has 2 rings (SSSR count). The van der Waals surface area contributed by atoms with Crippen LogP contribution in [-0.2, 0) is 9.47 Å². The number of hydrogen-bond acceptors (Lipinski definition) is 4. The fraction of sp³-hybridized carbons (Fsp3) is 1.00. The van der Waals surface area contributed by atoms with Crippen LogP contribution in [0.3, 0.4) is 0 Å². The molecule has 2 fully saturated rings. The van der Waals surface area contributed by atoms with Gasteiger partial charge in [-0.3, -0.25) is 4.90 Å². The van der Waals surface area contributed by atoms with Crippen LogP contribution in [0, 0.1) is 0 Å². The highest BCUT2D eigenvalue weighted by Gasteiger charge is 2.26. The van der Waals surface area contributed by atoms with Gasteiger partial charge in [-0.2, -0.15) is 0 Å². The van der Waals surface area contributed by atoms with Crippen molar-refractivity contribution in [3.63, 3.8) is 0 Å². The van der Waals surface area contributed by atoms with Crippen LogP contribution in [0.2, 0.25) is 0 Å². The minimum absolute atomic E-state index is 0.220. The first kappa shape index (κ1) is 10.4. The maximum atomic E-state index is 5.65. The summed E-state index contributed by atoms with van der Waals surface area (Å²) in [5.41, 5.74) is 5.65. The van der Waals surface area contributed by atoms with E-state index < -0.39 is 0 Å². The third-order valence-electron chi connectivity index (χ3n) is 3.07. The molecular weight excluding hydrogens is 180 g/mol. The minimum Gasteiger partial charge on any atom is -0.380 e. The summed E-state index contributed by atoms with van der Waals surface area (Å²) in [4.78, 5) is 2.48. The quantitative estimate of drug-likeness (QED) is 0.672. The lowest BCUT2D eigenvalue weighted by atomic mass is 10.2. The molecule has 0 aromatic rings. The summed E-state index contributed by atoms with van der Waals surface area (Å²) in [5, 5.41) is 0. The summed E-state index contributed by atoms with van der Waals surface area (Å²) >= 11 is 0. The summed E-state index contributed by atoms with van der Waals surface area (Å²) in [6.07, 6.45) is 2.50. The van der Waals surface area contributed by atoms with Crippen LogP contribution >= 0.6 is 0 Å². The second-order valence-corrected chi connectivity index (χ2v) is 4.09. The lowest BCUT2D eigenvalue weighted by Gasteiger charge is -2.27. The zero-order valence-corrected chi connectivity index (χ0v) is 8.65. The van der Waals surface area contributed by atoms with Crippen molar-refractivity contribution in [3.8, 4) is 0 Å². The highest BCUT2D eigenvalue weighted by atomic mass is 16.5. The average molecular weight is 200 g/mol. The van der Waals surface area contributed by atoms with Gasteiger partial charge in [-0.25, -0.2) is 0 Å². The Kier molecular flexibility index (Phi) is 3.75. The van der Waals surface area contributed by atoms with Crippen molar-refractivity contribution in [2.75, 3.05) is 39.5 Å². The Morgan fingerprint density at radius 2 is 2.29 bits per heavy atom. The van der Waals surface area contributed by atoms with Gasteiger partial charge in [-0.15, -0.1) is 0 Å². The Hall–Kier alpha value is -0.160. The van der Waals surface area contributed by atoms with Crippen molar-refractivity contribution < 1.29 is 9.47 Å². The summed E-state index contributed by atoms with van der Waals surface area (Å²) in [7, 11) is 0. The van der Waals surface area contributed by atoms with Gasteiger partial charge < -0.3 is 15.2 Å². The molecule has 2 heterocycles. The van der Waals surface area contributed by atoms with Gasteiger partial charge in [0.05, 0.1) is 12.7 Å². The molecule has 14 heavy (non-hydrogen) atoms. The van der Waals surface area contributed by atoms with Gasteiger partial charge in [0.15, 0.2) is 0 Å². The van der Waals surface area contributed by atoms with Gasteiger partial charge in [0.25, 0.3) is 0 Å². The molecule has 0 spiro atoms. The van der Waals surface area contributed by atoms with E-state index in [0.29, 0.717) is 12.6 Å². The van der Waals surface area contributed by atoms with Crippen LogP contribution in [0.1, 0.15) is 12.8 Å². The number of ether oxygens (including phenoxy) is 2. The Labute approximate surface area is 85.3 Å². The smallest absolute Gasteiger partial charge is 0.0824 e. The van der Waals surface area contributed by atoms with E-state index in [1.807, 2.05) is 0 Å². The van der Waals surface area contributed by atoms with E-state index in [2.05, 4.69) is 4.90 Å². The molecule has 2 aliphatic rings. The third kappa shape index (κ3) is 2.45. The molecule has 0 bridgehead atoms. The van der Waals surface area contributed by atoms with Gasteiger partial charge >= 0.3 is 0 Å². The van der Waals surface area contributed by atoms with E-state index in [1.165, 1.54) is 0 Å². The summed E-state index contributed by atoms with van der Waals surface area (Å²) in [6.45, 7) is 5.39. The molecular formula is C10H20N2O2. The highest BCUT2D eigenvalue weighted by Crippen LogP contribution is 2.15. The molecule has 0 amide bonds. The second-order valence-electron chi connectivity index (χ2n) is 4.09. The van der Waals surface area contributed by atoms with Gasteiger partial charge in [-0.1, -0.05) is 0 Å².